The Labute approximate surface area is 214 Å². The number of nitrogens with one attached hydrogen (secondary N) is 2. The third-order valence-electron chi connectivity index (χ3n) is 5.81. The van der Waals surface area contributed by atoms with Crippen molar-refractivity contribution in [3.8, 4) is 23.2 Å². The third-order valence-corrected chi connectivity index (χ3v) is 5.81. The summed E-state index contributed by atoms with van der Waals surface area (Å²) in [6.45, 7) is 2.67. The van der Waals surface area contributed by atoms with Crippen LogP contribution in [0.2, 0.25) is 0 Å². The second-order valence-electron chi connectivity index (χ2n) is 8.25. The smallest absolute Gasteiger partial charge is 0.241 e. The topological polar surface area (TPSA) is 108 Å². The van der Waals surface area contributed by atoms with Gasteiger partial charge in [0.2, 0.25) is 23.6 Å². The van der Waals surface area contributed by atoms with Gasteiger partial charge in [0, 0.05) is 24.4 Å². The van der Waals surface area contributed by atoms with Crippen molar-refractivity contribution in [2.45, 2.75) is 13.5 Å². The van der Waals surface area contributed by atoms with Crippen molar-refractivity contribution in [2.24, 2.45) is 0 Å². The molecule has 5 rings (SSSR count). The molecular weight excluding hydrogens is 470 g/mol. The van der Waals surface area contributed by atoms with E-state index in [-0.39, 0.29) is 0 Å². The van der Waals surface area contributed by atoms with E-state index in [2.05, 4.69) is 56.8 Å². The van der Waals surface area contributed by atoms with E-state index in [0.29, 0.717) is 47.3 Å². The summed E-state index contributed by atoms with van der Waals surface area (Å²) >= 11 is 0. The zero-order valence-corrected chi connectivity index (χ0v) is 21.0. The monoisotopic (exact) mass is 497 g/mol. The quantitative estimate of drug-likeness (QED) is 0.294. The molecule has 5 aromatic rings. The van der Waals surface area contributed by atoms with Gasteiger partial charge in [-0.15, -0.1) is 0 Å². The molecule has 37 heavy (non-hydrogen) atoms. The van der Waals surface area contributed by atoms with E-state index >= 15 is 0 Å². The van der Waals surface area contributed by atoms with Gasteiger partial charge in [-0.2, -0.15) is 4.98 Å². The fourth-order valence-electron chi connectivity index (χ4n) is 3.97. The Hall–Kier alpha value is -4.86. The van der Waals surface area contributed by atoms with E-state index in [0.717, 1.165) is 16.6 Å². The number of imidazole rings is 1. The first-order chi connectivity index (χ1) is 18.1. The van der Waals surface area contributed by atoms with Crippen molar-refractivity contribution >= 4 is 28.6 Å². The Morgan fingerprint density at radius 2 is 1.57 bits per heavy atom. The van der Waals surface area contributed by atoms with Crippen LogP contribution in [-0.2, 0) is 6.54 Å². The fourth-order valence-corrected chi connectivity index (χ4v) is 3.97. The zero-order chi connectivity index (χ0) is 25.8. The van der Waals surface area contributed by atoms with E-state index in [9.17, 15) is 0 Å². The van der Waals surface area contributed by atoms with Gasteiger partial charge in [0.25, 0.3) is 0 Å². The average Bonchev–Trinajstić information content (AvgIpc) is 3.30. The number of methoxy groups -OCH3 is 3. The summed E-state index contributed by atoms with van der Waals surface area (Å²) in [4.78, 5) is 18.2. The van der Waals surface area contributed by atoms with Crippen LogP contribution in [0.3, 0.4) is 0 Å². The average molecular weight is 498 g/mol. The summed E-state index contributed by atoms with van der Waals surface area (Å²) in [6, 6.07) is 19.8. The number of hydrogen-bond donors (Lipinski definition) is 2. The molecule has 0 spiro atoms. The van der Waals surface area contributed by atoms with Gasteiger partial charge >= 0.3 is 0 Å². The minimum atomic E-state index is 0.349. The summed E-state index contributed by atoms with van der Waals surface area (Å²) in [7, 11) is 4.69. The van der Waals surface area contributed by atoms with E-state index in [1.807, 2.05) is 28.8 Å². The van der Waals surface area contributed by atoms with E-state index < -0.39 is 0 Å². The largest absolute Gasteiger partial charge is 0.493 e. The molecule has 0 fully saturated rings. The van der Waals surface area contributed by atoms with Crippen LogP contribution in [0.5, 0.6) is 17.2 Å². The van der Waals surface area contributed by atoms with Gasteiger partial charge in [0.15, 0.2) is 11.5 Å². The number of anilines is 3. The predicted octanol–water partition coefficient (Wildman–Crippen LogP) is 4.90. The molecule has 3 aromatic carbocycles. The van der Waals surface area contributed by atoms with Crippen LogP contribution >= 0.6 is 0 Å². The highest BCUT2D eigenvalue weighted by atomic mass is 16.5. The van der Waals surface area contributed by atoms with Gasteiger partial charge in [-0.25, -0.2) is 19.5 Å². The molecule has 10 nitrogen and oxygen atoms in total. The van der Waals surface area contributed by atoms with Gasteiger partial charge in [-0.3, -0.25) is 0 Å². The molecule has 0 saturated heterocycles. The number of para-hydroxylation sites is 2. The number of rotatable bonds is 9. The van der Waals surface area contributed by atoms with Crippen LogP contribution in [0.25, 0.3) is 17.0 Å². The van der Waals surface area contributed by atoms with Crippen LogP contribution < -0.4 is 24.8 Å². The molecule has 0 unspecified atom stereocenters. The first-order valence-corrected chi connectivity index (χ1v) is 11.6. The molecule has 188 valence electrons. The van der Waals surface area contributed by atoms with Gasteiger partial charge in [-0.1, -0.05) is 42.0 Å². The van der Waals surface area contributed by atoms with Crippen molar-refractivity contribution < 1.29 is 14.2 Å². The van der Waals surface area contributed by atoms with Gasteiger partial charge in [0.05, 0.1) is 32.4 Å². The number of hydrogen-bond acceptors (Lipinski definition) is 9. The molecule has 0 radical (unpaired) electrons. The molecule has 0 aliphatic carbocycles. The highest BCUT2D eigenvalue weighted by Gasteiger charge is 2.17. The normalized spacial score (nSPS) is 10.8. The van der Waals surface area contributed by atoms with Crippen LogP contribution in [0, 0.1) is 6.92 Å². The number of ether oxygens (including phenoxy) is 3. The Morgan fingerprint density at radius 3 is 2.27 bits per heavy atom. The molecule has 0 saturated carbocycles. The molecule has 0 amide bonds. The first-order valence-electron chi connectivity index (χ1n) is 11.6. The van der Waals surface area contributed by atoms with Gasteiger partial charge in [0.1, 0.15) is 6.33 Å². The summed E-state index contributed by atoms with van der Waals surface area (Å²) in [6.07, 6.45) is 1.46. The summed E-state index contributed by atoms with van der Waals surface area (Å²) in [5.41, 5.74) is 4.73. The first kappa shape index (κ1) is 23.9. The molecular formula is C27H27N7O3. The molecule has 10 heteroatoms. The van der Waals surface area contributed by atoms with Crippen molar-refractivity contribution in [1.82, 2.24) is 24.5 Å². The third kappa shape index (κ3) is 4.94. The summed E-state index contributed by atoms with van der Waals surface area (Å²) in [5.74, 6) is 2.93. The van der Waals surface area contributed by atoms with Crippen LogP contribution in [-0.4, -0.2) is 45.8 Å². The Morgan fingerprint density at radius 1 is 0.838 bits per heavy atom. The van der Waals surface area contributed by atoms with Crippen LogP contribution in [0.15, 0.2) is 67.0 Å². The standard InChI is InChI=1S/C27H27N7O3/c1-17-9-11-18(12-10-17)15-28-26-32-20-7-5-6-8-21(20)34(26)27-30-16-29-25(33-27)31-19-13-22(35-2)24(37-4)23(14-19)36-3/h5-14,16H,15H2,1-4H3,(H,28,32)(H,29,30,31,33). The minimum absolute atomic E-state index is 0.349. The number of aryl methyl sites for hydroxylation is 1. The van der Waals surface area contributed by atoms with Crippen molar-refractivity contribution in [3.05, 3.63) is 78.1 Å². The molecule has 0 aliphatic heterocycles. The number of benzene rings is 3. The molecule has 2 heterocycles. The second-order valence-corrected chi connectivity index (χ2v) is 8.25. The Balaban J connectivity index is 1.49. The highest BCUT2D eigenvalue weighted by Crippen LogP contribution is 2.40. The van der Waals surface area contributed by atoms with Gasteiger partial charge < -0.3 is 24.8 Å². The van der Waals surface area contributed by atoms with Crippen molar-refractivity contribution in [3.63, 3.8) is 0 Å². The lowest BCUT2D eigenvalue weighted by Crippen LogP contribution is -2.10. The number of nitrogens with zero attached hydrogens (tertiary/aromatic N) is 5. The van der Waals surface area contributed by atoms with Crippen LogP contribution in [0.4, 0.5) is 17.6 Å². The SMILES string of the molecule is COc1cc(Nc2ncnc(-n3c(NCc4ccc(C)cc4)nc4ccccc43)n2)cc(OC)c1OC. The maximum absolute atomic E-state index is 5.45. The molecule has 0 aliphatic rings. The van der Waals surface area contributed by atoms with Crippen molar-refractivity contribution in [1.29, 1.82) is 0 Å². The number of aromatic nitrogens is 5. The lowest BCUT2D eigenvalue weighted by Gasteiger charge is -2.15. The predicted molar refractivity (Wildman–Crippen MR) is 142 cm³/mol. The molecule has 2 aromatic heterocycles. The highest BCUT2D eigenvalue weighted by molar-refractivity contribution is 5.80. The maximum Gasteiger partial charge on any atom is 0.241 e. The lowest BCUT2D eigenvalue weighted by atomic mass is 10.1. The summed E-state index contributed by atoms with van der Waals surface area (Å²) in [5, 5.41) is 6.64. The fraction of sp³-hybridized carbons (Fsp3) is 0.185. The maximum atomic E-state index is 5.45. The Bertz CT molecular complexity index is 1510. The minimum Gasteiger partial charge on any atom is -0.493 e. The zero-order valence-electron chi connectivity index (χ0n) is 21.0. The Kier molecular flexibility index (Phi) is 6.71. The van der Waals surface area contributed by atoms with Crippen LogP contribution in [0.1, 0.15) is 11.1 Å². The molecule has 0 bridgehead atoms. The van der Waals surface area contributed by atoms with Gasteiger partial charge in [-0.05, 0) is 24.6 Å². The lowest BCUT2D eigenvalue weighted by molar-refractivity contribution is 0.324. The van der Waals surface area contributed by atoms with E-state index in [4.69, 9.17) is 19.2 Å². The molecule has 0 atom stereocenters. The number of fused-ring (bicyclic) bond motifs is 1. The van der Waals surface area contributed by atoms with E-state index in [1.165, 1.54) is 11.9 Å². The second kappa shape index (κ2) is 10.4. The summed E-state index contributed by atoms with van der Waals surface area (Å²) < 4.78 is 18.2. The molecule has 2 N–H and O–H groups in total. The van der Waals surface area contributed by atoms with Crippen molar-refractivity contribution in [2.75, 3.05) is 32.0 Å². The van der Waals surface area contributed by atoms with E-state index in [1.54, 1.807) is 33.5 Å².